The van der Waals surface area contributed by atoms with Crippen LogP contribution in [0.2, 0.25) is 0 Å². The average Bonchev–Trinajstić information content (AvgIpc) is 3.06. The van der Waals surface area contributed by atoms with Gasteiger partial charge in [0.25, 0.3) is 0 Å². The molecule has 6 nitrogen and oxygen atoms in total. The Balaban J connectivity index is 1.79. The van der Waals surface area contributed by atoms with E-state index in [0.29, 0.717) is 37.8 Å². The fourth-order valence-corrected chi connectivity index (χ4v) is 3.45. The number of rotatable bonds is 10. The number of nitrogens with zero attached hydrogens (tertiary/aromatic N) is 2. The van der Waals surface area contributed by atoms with E-state index in [0.717, 1.165) is 32.2 Å². The van der Waals surface area contributed by atoms with Crippen LogP contribution in [0.4, 0.5) is 0 Å². The Hall–Kier alpha value is -1.63. The second-order valence-corrected chi connectivity index (χ2v) is 7.77. The van der Waals surface area contributed by atoms with Gasteiger partial charge in [-0.25, -0.2) is 0 Å². The van der Waals surface area contributed by atoms with E-state index in [4.69, 9.17) is 9.47 Å². The van der Waals surface area contributed by atoms with Crippen LogP contribution in [0.1, 0.15) is 38.8 Å². The third-order valence-corrected chi connectivity index (χ3v) is 5.21. The predicted octanol–water partition coefficient (Wildman–Crippen LogP) is 2.63. The van der Waals surface area contributed by atoms with Gasteiger partial charge in [-0.05, 0) is 37.8 Å². The van der Waals surface area contributed by atoms with Gasteiger partial charge in [-0.1, -0.05) is 31.2 Å². The predicted molar refractivity (Wildman–Crippen MR) is 116 cm³/mol. The highest BCUT2D eigenvalue weighted by molar-refractivity contribution is 5.80. The van der Waals surface area contributed by atoms with Gasteiger partial charge in [0.2, 0.25) is 0 Å². The standard InChI is InChI=1S/C22H38N4O2/c1-6-27-10-11-28-16-20-9-7-8-19(12-20)13-24-22(23-5)25-21-15-26(17(2)3)14-18(21)4/h7-9,12,17-18,21H,6,10-11,13-16H2,1-5H3,(H2,23,24,25). The van der Waals surface area contributed by atoms with Crippen molar-refractivity contribution in [3.8, 4) is 0 Å². The van der Waals surface area contributed by atoms with Crippen LogP contribution in [-0.2, 0) is 22.6 Å². The van der Waals surface area contributed by atoms with Gasteiger partial charge < -0.3 is 20.1 Å². The molecule has 6 heteroatoms. The summed E-state index contributed by atoms with van der Waals surface area (Å²) in [5, 5.41) is 7.05. The van der Waals surface area contributed by atoms with Crippen molar-refractivity contribution in [3.63, 3.8) is 0 Å². The van der Waals surface area contributed by atoms with Gasteiger partial charge in [0.1, 0.15) is 0 Å². The fourth-order valence-electron chi connectivity index (χ4n) is 3.45. The van der Waals surface area contributed by atoms with Gasteiger partial charge in [-0.3, -0.25) is 9.89 Å². The van der Waals surface area contributed by atoms with Crippen molar-refractivity contribution in [3.05, 3.63) is 35.4 Å². The van der Waals surface area contributed by atoms with Crippen molar-refractivity contribution in [2.45, 2.75) is 52.9 Å². The lowest BCUT2D eigenvalue weighted by Crippen LogP contribution is -2.46. The number of aliphatic imine (C=N–C) groups is 1. The highest BCUT2D eigenvalue weighted by atomic mass is 16.5. The number of ether oxygens (including phenoxy) is 2. The maximum Gasteiger partial charge on any atom is 0.191 e. The molecule has 1 aliphatic rings. The van der Waals surface area contributed by atoms with Crippen LogP contribution in [0.15, 0.2) is 29.3 Å². The number of hydrogen-bond donors (Lipinski definition) is 2. The molecule has 1 aromatic rings. The molecule has 2 unspecified atom stereocenters. The quantitative estimate of drug-likeness (QED) is 0.365. The van der Waals surface area contributed by atoms with E-state index in [1.165, 1.54) is 11.1 Å². The Kier molecular flexibility index (Phi) is 9.75. The van der Waals surface area contributed by atoms with Crippen LogP contribution >= 0.6 is 0 Å². The molecule has 0 spiro atoms. The zero-order valence-electron chi connectivity index (χ0n) is 18.2. The topological polar surface area (TPSA) is 58.1 Å². The summed E-state index contributed by atoms with van der Waals surface area (Å²) in [5.74, 6) is 1.47. The normalized spacial score (nSPS) is 20.7. The summed E-state index contributed by atoms with van der Waals surface area (Å²) in [7, 11) is 1.83. The van der Waals surface area contributed by atoms with Crippen LogP contribution < -0.4 is 10.6 Å². The van der Waals surface area contributed by atoms with E-state index in [-0.39, 0.29) is 0 Å². The number of benzene rings is 1. The molecule has 0 bridgehead atoms. The SMILES string of the molecule is CCOCCOCc1cccc(CNC(=NC)NC2CN(C(C)C)CC2C)c1. The lowest BCUT2D eigenvalue weighted by molar-refractivity contribution is 0.0453. The second kappa shape index (κ2) is 12.0. The highest BCUT2D eigenvalue weighted by Crippen LogP contribution is 2.18. The van der Waals surface area contributed by atoms with Crippen molar-refractivity contribution in [1.29, 1.82) is 0 Å². The van der Waals surface area contributed by atoms with E-state index in [1.807, 2.05) is 14.0 Å². The molecule has 1 aromatic carbocycles. The van der Waals surface area contributed by atoms with E-state index < -0.39 is 0 Å². The zero-order chi connectivity index (χ0) is 20.4. The molecule has 2 rings (SSSR count). The third-order valence-electron chi connectivity index (χ3n) is 5.21. The smallest absolute Gasteiger partial charge is 0.191 e. The summed E-state index contributed by atoms with van der Waals surface area (Å²) >= 11 is 0. The molecule has 1 aliphatic heterocycles. The molecule has 0 radical (unpaired) electrons. The maximum atomic E-state index is 5.67. The second-order valence-electron chi connectivity index (χ2n) is 7.77. The first-order valence-electron chi connectivity index (χ1n) is 10.5. The molecule has 0 amide bonds. The summed E-state index contributed by atoms with van der Waals surface area (Å²) in [6, 6.07) is 9.50. The van der Waals surface area contributed by atoms with Gasteiger partial charge in [-0.15, -0.1) is 0 Å². The average molecular weight is 391 g/mol. The van der Waals surface area contributed by atoms with Gasteiger partial charge in [0, 0.05) is 45.4 Å². The molecule has 0 aromatic heterocycles. The van der Waals surface area contributed by atoms with Gasteiger partial charge in [0.15, 0.2) is 5.96 Å². The number of nitrogens with one attached hydrogen (secondary N) is 2. The lowest BCUT2D eigenvalue weighted by atomic mass is 10.1. The van der Waals surface area contributed by atoms with Gasteiger partial charge in [-0.2, -0.15) is 0 Å². The number of likely N-dealkylation sites (tertiary alicyclic amines) is 1. The molecule has 2 atom stereocenters. The van der Waals surface area contributed by atoms with E-state index in [2.05, 4.69) is 65.6 Å². The first kappa shape index (κ1) is 22.7. The molecule has 28 heavy (non-hydrogen) atoms. The molecule has 2 N–H and O–H groups in total. The molecule has 0 saturated carbocycles. The molecule has 1 fully saturated rings. The van der Waals surface area contributed by atoms with Crippen molar-refractivity contribution in [1.82, 2.24) is 15.5 Å². The Morgan fingerprint density at radius 2 is 1.96 bits per heavy atom. The minimum absolute atomic E-state index is 0.429. The van der Waals surface area contributed by atoms with Crippen LogP contribution in [-0.4, -0.2) is 62.9 Å². The number of guanidine groups is 1. The minimum atomic E-state index is 0.429. The summed E-state index contributed by atoms with van der Waals surface area (Å²) < 4.78 is 11.0. The van der Waals surface area contributed by atoms with Crippen molar-refractivity contribution in [2.24, 2.45) is 10.9 Å². The monoisotopic (exact) mass is 390 g/mol. The van der Waals surface area contributed by atoms with Crippen LogP contribution in [0.25, 0.3) is 0 Å². The van der Waals surface area contributed by atoms with Crippen LogP contribution in [0.3, 0.4) is 0 Å². The summed E-state index contributed by atoms with van der Waals surface area (Å²) in [6.45, 7) is 14.4. The maximum absolute atomic E-state index is 5.67. The highest BCUT2D eigenvalue weighted by Gasteiger charge is 2.31. The van der Waals surface area contributed by atoms with Crippen molar-refractivity contribution >= 4 is 5.96 Å². The van der Waals surface area contributed by atoms with E-state index in [1.54, 1.807) is 0 Å². The lowest BCUT2D eigenvalue weighted by Gasteiger charge is -2.22. The Labute approximate surface area is 170 Å². The zero-order valence-corrected chi connectivity index (χ0v) is 18.2. The summed E-state index contributed by atoms with van der Waals surface area (Å²) in [6.07, 6.45) is 0. The Bertz CT molecular complexity index is 606. The number of hydrogen-bond acceptors (Lipinski definition) is 4. The molecular weight excluding hydrogens is 352 g/mol. The first-order valence-corrected chi connectivity index (χ1v) is 10.5. The molecule has 158 valence electrons. The van der Waals surface area contributed by atoms with E-state index >= 15 is 0 Å². The van der Waals surface area contributed by atoms with E-state index in [9.17, 15) is 0 Å². The van der Waals surface area contributed by atoms with Crippen LogP contribution in [0, 0.1) is 5.92 Å². The molecular formula is C22H38N4O2. The van der Waals surface area contributed by atoms with Gasteiger partial charge >= 0.3 is 0 Å². The molecule has 0 aliphatic carbocycles. The summed E-state index contributed by atoms with van der Waals surface area (Å²) in [5.41, 5.74) is 2.40. The molecule has 1 saturated heterocycles. The van der Waals surface area contributed by atoms with Crippen LogP contribution in [0.5, 0.6) is 0 Å². The first-order chi connectivity index (χ1) is 13.5. The van der Waals surface area contributed by atoms with Crippen molar-refractivity contribution < 1.29 is 9.47 Å². The van der Waals surface area contributed by atoms with Crippen molar-refractivity contribution in [2.75, 3.05) is 40.0 Å². The molecule has 1 heterocycles. The fraction of sp³-hybridized carbons (Fsp3) is 0.682. The van der Waals surface area contributed by atoms with Gasteiger partial charge in [0.05, 0.1) is 19.8 Å². The Morgan fingerprint density at radius 3 is 2.64 bits per heavy atom. The minimum Gasteiger partial charge on any atom is -0.379 e. The summed E-state index contributed by atoms with van der Waals surface area (Å²) in [4.78, 5) is 6.93. The largest absolute Gasteiger partial charge is 0.379 e. The third kappa shape index (κ3) is 7.41. The Morgan fingerprint density at radius 1 is 1.21 bits per heavy atom.